The zero-order chi connectivity index (χ0) is 17.4. The van der Waals surface area contributed by atoms with Crippen LogP contribution in [0.3, 0.4) is 0 Å². The number of H-pyrrole nitrogens is 1. The predicted molar refractivity (Wildman–Crippen MR) is 99.0 cm³/mol. The van der Waals surface area contributed by atoms with Gasteiger partial charge in [0.05, 0.1) is 6.21 Å². The highest BCUT2D eigenvalue weighted by molar-refractivity contribution is 7.98. The molecule has 0 atom stereocenters. The Hall–Kier alpha value is -2.93. The lowest BCUT2D eigenvalue weighted by atomic mass is 10.2. The maximum absolute atomic E-state index is 13.4. The first-order chi connectivity index (χ1) is 12.2. The molecule has 7 heteroatoms. The van der Waals surface area contributed by atoms with Crippen LogP contribution in [0, 0.1) is 5.82 Å². The van der Waals surface area contributed by atoms with Crippen LogP contribution < -0.4 is 5.56 Å². The molecule has 0 saturated carbocycles. The molecule has 0 aliphatic rings. The summed E-state index contributed by atoms with van der Waals surface area (Å²) in [7, 11) is 0. The number of halogens is 1. The van der Waals surface area contributed by atoms with E-state index in [0.717, 1.165) is 15.1 Å². The molecule has 0 aliphatic carbocycles. The highest BCUT2D eigenvalue weighted by atomic mass is 32.2. The predicted octanol–water partition coefficient (Wildman–Crippen LogP) is 3.62. The van der Waals surface area contributed by atoms with E-state index in [2.05, 4.69) is 15.1 Å². The van der Waals surface area contributed by atoms with Crippen LogP contribution in [0.15, 0.2) is 63.6 Å². The van der Waals surface area contributed by atoms with E-state index in [1.165, 1.54) is 18.5 Å². The van der Waals surface area contributed by atoms with Gasteiger partial charge < -0.3 is 4.98 Å². The summed E-state index contributed by atoms with van der Waals surface area (Å²) in [5.74, 6) is -0.369. The Morgan fingerprint density at radius 3 is 2.80 bits per heavy atom. The normalized spacial score (nSPS) is 11.8. The maximum atomic E-state index is 13.4. The zero-order valence-corrected chi connectivity index (χ0v) is 14.0. The van der Waals surface area contributed by atoms with E-state index in [1.807, 2.05) is 30.5 Å². The smallest absolute Gasteiger partial charge is 0.298 e. The summed E-state index contributed by atoms with van der Waals surface area (Å²) in [6.07, 6.45) is 4.95. The van der Waals surface area contributed by atoms with Crippen molar-refractivity contribution in [3.8, 4) is 0 Å². The number of rotatable bonds is 3. The number of hydrogen-bond acceptors (Lipinski definition) is 4. The third kappa shape index (κ3) is 2.83. The van der Waals surface area contributed by atoms with E-state index in [-0.39, 0.29) is 11.4 Å². The molecule has 124 valence electrons. The third-order valence-electron chi connectivity index (χ3n) is 3.90. The van der Waals surface area contributed by atoms with Gasteiger partial charge in [-0.15, -0.1) is 11.8 Å². The molecular weight excluding hydrogens is 339 g/mol. The van der Waals surface area contributed by atoms with Gasteiger partial charge in [0.15, 0.2) is 0 Å². The minimum atomic E-state index is -0.369. The van der Waals surface area contributed by atoms with Crippen molar-refractivity contribution in [1.82, 2.24) is 14.6 Å². The van der Waals surface area contributed by atoms with Gasteiger partial charge in [0.25, 0.3) is 5.56 Å². The molecule has 2 aromatic heterocycles. The standard InChI is InChI=1S/C18H13FN4OS/c1-25-13-5-2-11(3-6-13)9-21-23-10-20-16-14-8-12(19)4-7-15(14)22-17(16)18(23)24/h2-10,22H,1H3/b21-9+. The Bertz CT molecular complexity index is 1160. The van der Waals surface area contributed by atoms with Crippen molar-refractivity contribution < 1.29 is 4.39 Å². The van der Waals surface area contributed by atoms with Crippen LogP contribution >= 0.6 is 11.8 Å². The monoisotopic (exact) mass is 352 g/mol. The van der Waals surface area contributed by atoms with Crippen molar-refractivity contribution in [2.45, 2.75) is 4.90 Å². The quantitative estimate of drug-likeness (QED) is 0.452. The molecule has 2 heterocycles. The molecule has 0 aliphatic heterocycles. The van der Waals surface area contributed by atoms with Crippen LogP contribution in [0.5, 0.6) is 0 Å². The lowest BCUT2D eigenvalue weighted by molar-refractivity contribution is 0.630. The Labute approximate surface area is 146 Å². The summed E-state index contributed by atoms with van der Waals surface area (Å²) in [5, 5.41) is 4.76. The van der Waals surface area contributed by atoms with Gasteiger partial charge in [0.1, 0.15) is 23.2 Å². The van der Waals surface area contributed by atoms with Crippen LogP contribution in [0.2, 0.25) is 0 Å². The Kier molecular flexibility index (Phi) is 3.85. The third-order valence-corrected chi connectivity index (χ3v) is 4.64. The van der Waals surface area contributed by atoms with E-state index in [1.54, 1.807) is 24.0 Å². The van der Waals surface area contributed by atoms with Gasteiger partial charge in [-0.1, -0.05) is 12.1 Å². The van der Waals surface area contributed by atoms with Crippen molar-refractivity contribution in [2.24, 2.45) is 5.10 Å². The fourth-order valence-corrected chi connectivity index (χ4v) is 3.03. The van der Waals surface area contributed by atoms with Gasteiger partial charge in [-0.3, -0.25) is 4.79 Å². The minimum absolute atomic E-state index is 0.304. The van der Waals surface area contributed by atoms with Crippen LogP contribution in [-0.4, -0.2) is 27.1 Å². The summed E-state index contributed by atoms with van der Waals surface area (Å²) >= 11 is 1.66. The van der Waals surface area contributed by atoms with Gasteiger partial charge in [0.2, 0.25) is 0 Å². The second-order valence-corrected chi connectivity index (χ2v) is 6.33. The maximum Gasteiger partial charge on any atom is 0.298 e. The van der Waals surface area contributed by atoms with Crippen molar-refractivity contribution in [1.29, 1.82) is 0 Å². The van der Waals surface area contributed by atoms with Gasteiger partial charge >= 0.3 is 0 Å². The topological polar surface area (TPSA) is 63.0 Å². The average Bonchev–Trinajstić information content (AvgIpc) is 3.00. The molecule has 2 aromatic carbocycles. The molecule has 0 unspecified atom stereocenters. The van der Waals surface area contributed by atoms with Crippen molar-refractivity contribution in [3.63, 3.8) is 0 Å². The first kappa shape index (κ1) is 15.6. The lowest BCUT2D eigenvalue weighted by Gasteiger charge is -1.99. The second kappa shape index (κ2) is 6.18. The van der Waals surface area contributed by atoms with Crippen LogP contribution in [0.25, 0.3) is 21.9 Å². The number of nitrogens with zero attached hydrogens (tertiary/aromatic N) is 3. The van der Waals surface area contributed by atoms with Gasteiger partial charge in [-0.2, -0.15) is 9.78 Å². The summed E-state index contributed by atoms with van der Waals surface area (Å²) < 4.78 is 14.6. The molecule has 25 heavy (non-hydrogen) atoms. The fourth-order valence-electron chi connectivity index (χ4n) is 2.62. The van der Waals surface area contributed by atoms with E-state index in [9.17, 15) is 9.18 Å². The van der Waals surface area contributed by atoms with E-state index in [0.29, 0.717) is 21.9 Å². The second-order valence-electron chi connectivity index (χ2n) is 5.45. The minimum Gasteiger partial charge on any atom is -0.349 e. The SMILES string of the molecule is CSc1ccc(/C=N/n2cnc3c([nH]c4ccc(F)cc43)c2=O)cc1. The Balaban J connectivity index is 1.77. The van der Waals surface area contributed by atoms with Crippen molar-refractivity contribution in [3.05, 3.63) is 70.5 Å². The van der Waals surface area contributed by atoms with Crippen molar-refractivity contribution in [2.75, 3.05) is 6.26 Å². The molecule has 4 aromatic rings. The van der Waals surface area contributed by atoms with E-state index < -0.39 is 0 Å². The molecule has 0 radical (unpaired) electrons. The van der Waals surface area contributed by atoms with Gasteiger partial charge in [-0.05, 0) is 42.2 Å². The Morgan fingerprint density at radius 1 is 1.24 bits per heavy atom. The summed E-state index contributed by atoms with van der Waals surface area (Å²) in [6.45, 7) is 0. The number of hydrogen-bond donors (Lipinski definition) is 1. The van der Waals surface area contributed by atoms with Gasteiger partial charge in [0, 0.05) is 15.8 Å². The van der Waals surface area contributed by atoms with E-state index >= 15 is 0 Å². The molecular formula is C18H13FN4OS. The van der Waals surface area contributed by atoms with Crippen LogP contribution in [-0.2, 0) is 0 Å². The Morgan fingerprint density at radius 2 is 2.04 bits per heavy atom. The van der Waals surface area contributed by atoms with Gasteiger partial charge in [-0.25, -0.2) is 9.37 Å². The number of aromatic amines is 1. The largest absolute Gasteiger partial charge is 0.349 e. The highest BCUT2D eigenvalue weighted by Crippen LogP contribution is 2.22. The summed E-state index contributed by atoms with van der Waals surface area (Å²) in [6, 6.07) is 12.1. The van der Waals surface area contributed by atoms with Crippen molar-refractivity contribution >= 4 is 39.9 Å². The molecule has 0 saturated heterocycles. The average molecular weight is 352 g/mol. The number of benzene rings is 2. The first-order valence-electron chi connectivity index (χ1n) is 7.53. The lowest BCUT2D eigenvalue weighted by Crippen LogP contribution is -2.17. The van der Waals surface area contributed by atoms with Crippen LogP contribution in [0.4, 0.5) is 4.39 Å². The highest BCUT2D eigenvalue weighted by Gasteiger charge is 2.11. The molecule has 4 rings (SSSR count). The summed E-state index contributed by atoms with van der Waals surface area (Å²) in [5.41, 5.74) is 1.95. The molecule has 1 N–H and O–H groups in total. The molecule has 0 spiro atoms. The molecule has 0 fully saturated rings. The molecule has 0 amide bonds. The number of nitrogens with one attached hydrogen (secondary N) is 1. The fraction of sp³-hybridized carbons (Fsp3) is 0.0556. The summed E-state index contributed by atoms with van der Waals surface area (Å²) in [4.78, 5) is 21.0. The van der Waals surface area contributed by atoms with E-state index in [4.69, 9.17) is 0 Å². The molecule has 5 nitrogen and oxygen atoms in total. The number of thioether (sulfide) groups is 1. The van der Waals surface area contributed by atoms with Crippen LogP contribution in [0.1, 0.15) is 5.56 Å². The zero-order valence-electron chi connectivity index (χ0n) is 13.2. The number of aromatic nitrogens is 3. The molecule has 0 bridgehead atoms. The number of fused-ring (bicyclic) bond motifs is 3. The first-order valence-corrected chi connectivity index (χ1v) is 8.75.